The topological polar surface area (TPSA) is 38.9 Å². The predicted molar refractivity (Wildman–Crippen MR) is 49.3 cm³/mol. The van der Waals surface area contributed by atoms with Crippen molar-refractivity contribution in [2.45, 2.75) is 5.88 Å². The number of nitrogens with zero attached hydrogens (tertiary/aromatic N) is 2. The first kappa shape index (κ1) is 8.26. The van der Waals surface area contributed by atoms with Gasteiger partial charge in [0.15, 0.2) is 0 Å². The van der Waals surface area contributed by atoms with Crippen LogP contribution in [0.15, 0.2) is 35.2 Å². The molecular formula is C9H7ClN2O. The molecule has 0 N–H and O–H groups in total. The van der Waals surface area contributed by atoms with Crippen LogP contribution >= 0.6 is 11.6 Å². The molecule has 1 aromatic carbocycles. The summed E-state index contributed by atoms with van der Waals surface area (Å²) >= 11 is 5.70. The number of aromatic nitrogens is 2. The van der Waals surface area contributed by atoms with E-state index < -0.39 is 0 Å². The molecule has 0 aliphatic rings. The summed E-state index contributed by atoms with van der Waals surface area (Å²) in [6.07, 6.45) is 1.31. The second-order valence-corrected chi connectivity index (χ2v) is 2.86. The summed E-state index contributed by atoms with van der Waals surface area (Å²) in [5.74, 6) is 1.08. The first-order valence-electron chi connectivity index (χ1n) is 3.82. The number of halogens is 1. The van der Waals surface area contributed by atoms with Crippen molar-refractivity contribution in [1.82, 2.24) is 10.1 Å². The predicted octanol–water partition coefficient (Wildman–Crippen LogP) is 2.48. The molecule has 1 aromatic heterocycles. The summed E-state index contributed by atoms with van der Waals surface area (Å²) in [5.41, 5.74) is 1.97. The Morgan fingerprint density at radius 1 is 1.38 bits per heavy atom. The molecule has 2 aromatic rings. The van der Waals surface area contributed by atoms with E-state index in [4.69, 9.17) is 11.6 Å². The van der Waals surface area contributed by atoms with Crippen LogP contribution in [0.1, 0.15) is 5.56 Å². The van der Waals surface area contributed by atoms with Gasteiger partial charge in [-0.1, -0.05) is 23.4 Å². The summed E-state index contributed by atoms with van der Waals surface area (Å²) in [6, 6.07) is 7.73. The normalized spacial score (nSPS) is 10.2. The lowest BCUT2D eigenvalue weighted by molar-refractivity contribution is 0.419. The van der Waals surface area contributed by atoms with Gasteiger partial charge in [-0.05, 0) is 11.6 Å². The van der Waals surface area contributed by atoms with Gasteiger partial charge in [0.2, 0.25) is 12.2 Å². The van der Waals surface area contributed by atoms with E-state index >= 15 is 0 Å². The van der Waals surface area contributed by atoms with Crippen molar-refractivity contribution in [3.63, 3.8) is 0 Å². The quantitative estimate of drug-likeness (QED) is 0.690. The Kier molecular flexibility index (Phi) is 2.27. The second-order valence-electron chi connectivity index (χ2n) is 2.59. The Hall–Kier alpha value is -1.35. The maximum atomic E-state index is 5.70. The SMILES string of the molecule is ClCc1cccc(-c2ncon2)c1. The lowest BCUT2D eigenvalue weighted by atomic mass is 10.1. The Morgan fingerprint density at radius 3 is 3.00 bits per heavy atom. The van der Waals surface area contributed by atoms with Gasteiger partial charge in [-0.15, -0.1) is 11.6 Å². The van der Waals surface area contributed by atoms with Gasteiger partial charge >= 0.3 is 0 Å². The number of benzene rings is 1. The lowest BCUT2D eigenvalue weighted by Crippen LogP contribution is -1.82. The van der Waals surface area contributed by atoms with E-state index in [0.717, 1.165) is 11.1 Å². The van der Waals surface area contributed by atoms with Gasteiger partial charge in [0.05, 0.1) is 0 Å². The minimum absolute atomic E-state index is 0.492. The van der Waals surface area contributed by atoms with Crippen molar-refractivity contribution in [3.8, 4) is 11.4 Å². The number of alkyl halides is 1. The highest BCUT2D eigenvalue weighted by Gasteiger charge is 2.02. The Balaban J connectivity index is 2.41. The molecule has 0 saturated heterocycles. The number of hydrogen-bond acceptors (Lipinski definition) is 3. The smallest absolute Gasteiger partial charge is 0.214 e. The highest BCUT2D eigenvalue weighted by molar-refractivity contribution is 6.17. The van der Waals surface area contributed by atoms with E-state index in [1.165, 1.54) is 6.39 Å². The molecule has 66 valence electrons. The van der Waals surface area contributed by atoms with Crippen molar-refractivity contribution < 1.29 is 4.52 Å². The molecule has 0 unspecified atom stereocenters. The minimum Gasteiger partial charge on any atom is -0.342 e. The van der Waals surface area contributed by atoms with Gasteiger partial charge in [-0.2, -0.15) is 4.98 Å². The monoisotopic (exact) mass is 194 g/mol. The van der Waals surface area contributed by atoms with Gasteiger partial charge in [0.25, 0.3) is 0 Å². The highest BCUT2D eigenvalue weighted by Crippen LogP contribution is 2.16. The molecule has 0 radical (unpaired) electrons. The minimum atomic E-state index is 0.492. The Bertz CT molecular complexity index is 386. The fraction of sp³-hybridized carbons (Fsp3) is 0.111. The third kappa shape index (κ3) is 1.70. The van der Waals surface area contributed by atoms with Gasteiger partial charge in [0.1, 0.15) is 0 Å². The van der Waals surface area contributed by atoms with Crippen LogP contribution in [0.3, 0.4) is 0 Å². The molecule has 1 heterocycles. The van der Waals surface area contributed by atoms with Crippen LogP contribution < -0.4 is 0 Å². The van der Waals surface area contributed by atoms with Crippen LogP contribution in [0.2, 0.25) is 0 Å². The highest BCUT2D eigenvalue weighted by atomic mass is 35.5. The fourth-order valence-electron chi connectivity index (χ4n) is 1.09. The molecule has 0 spiro atoms. The van der Waals surface area contributed by atoms with Crippen molar-refractivity contribution in [3.05, 3.63) is 36.2 Å². The maximum absolute atomic E-state index is 5.70. The van der Waals surface area contributed by atoms with E-state index in [9.17, 15) is 0 Å². The van der Waals surface area contributed by atoms with Crippen LogP contribution in [0.4, 0.5) is 0 Å². The summed E-state index contributed by atoms with van der Waals surface area (Å²) < 4.78 is 4.65. The van der Waals surface area contributed by atoms with Gasteiger partial charge < -0.3 is 4.52 Å². The molecule has 0 fully saturated rings. The fourth-order valence-corrected chi connectivity index (χ4v) is 1.26. The van der Waals surface area contributed by atoms with Crippen molar-refractivity contribution in [2.75, 3.05) is 0 Å². The number of hydrogen-bond donors (Lipinski definition) is 0. The van der Waals surface area contributed by atoms with Gasteiger partial charge in [0, 0.05) is 11.4 Å². The average Bonchev–Trinajstić information content (AvgIpc) is 2.71. The molecule has 0 atom stereocenters. The lowest BCUT2D eigenvalue weighted by Gasteiger charge is -1.96. The van der Waals surface area contributed by atoms with E-state index in [0.29, 0.717) is 11.7 Å². The first-order valence-corrected chi connectivity index (χ1v) is 4.35. The third-order valence-electron chi connectivity index (χ3n) is 1.70. The van der Waals surface area contributed by atoms with Crippen LogP contribution in [0.5, 0.6) is 0 Å². The maximum Gasteiger partial charge on any atom is 0.214 e. The molecule has 3 nitrogen and oxygen atoms in total. The molecule has 0 aliphatic carbocycles. The Morgan fingerprint density at radius 2 is 2.31 bits per heavy atom. The average molecular weight is 195 g/mol. The molecular weight excluding hydrogens is 188 g/mol. The van der Waals surface area contributed by atoms with Crippen molar-refractivity contribution in [2.24, 2.45) is 0 Å². The standard InChI is InChI=1S/C9H7ClN2O/c10-5-7-2-1-3-8(4-7)9-11-6-13-12-9/h1-4,6H,5H2. The molecule has 0 bridgehead atoms. The van der Waals surface area contributed by atoms with Crippen LogP contribution in [-0.4, -0.2) is 10.1 Å². The zero-order valence-corrected chi connectivity index (χ0v) is 7.53. The summed E-state index contributed by atoms with van der Waals surface area (Å²) in [7, 11) is 0. The van der Waals surface area contributed by atoms with Crippen molar-refractivity contribution in [1.29, 1.82) is 0 Å². The van der Waals surface area contributed by atoms with Crippen LogP contribution in [0, 0.1) is 0 Å². The van der Waals surface area contributed by atoms with Crippen LogP contribution in [0.25, 0.3) is 11.4 Å². The zero-order valence-electron chi connectivity index (χ0n) is 6.77. The first-order chi connectivity index (χ1) is 6.40. The molecule has 0 aliphatic heterocycles. The Labute approximate surface area is 80.3 Å². The van der Waals surface area contributed by atoms with E-state index in [1.807, 2.05) is 24.3 Å². The number of rotatable bonds is 2. The van der Waals surface area contributed by atoms with E-state index in [-0.39, 0.29) is 0 Å². The molecule has 0 amide bonds. The van der Waals surface area contributed by atoms with E-state index in [2.05, 4.69) is 14.7 Å². The largest absolute Gasteiger partial charge is 0.342 e. The molecule has 0 saturated carbocycles. The van der Waals surface area contributed by atoms with Crippen molar-refractivity contribution >= 4 is 11.6 Å². The second kappa shape index (κ2) is 3.58. The summed E-state index contributed by atoms with van der Waals surface area (Å²) in [4.78, 5) is 3.94. The molecule has 2 rings (SSSR count). The third-order valence-corrected chi connectivity index (χ3v) is 2.01. The summed E-state index contributed by atoms with van der Waals surface area (Å²) in [6.45, 7) is 0. The van der Waals surface area contributed by atoms with E-state index in [1.54, 1.807) is 0 Å². The zero-order chi connectivity index (χ0) is 9.10. The van der Waals surface area contributed by atoms with Crippen LogP contribution in [-0.2, 0) is 5.88 Å². The van der Waals surface area contributed by atoms with Gasteiger partial charge in [-0.3, -0.25) is 0 Å². The molecule has 13 heavy (non-hydrogen) atoms. The van der Waals surface area contributed by atoms with Gasteiger partial charge in [-0.25, -0.2) is 0 Å². The summed E-state index contributed by atoms with van der Waals surface area (Å²) in [5, 5.41) is 3.73. The molecule has 4 heteroatoms.